The van der Waals surface area contributed by atoms with Crippen LogP contribution in [0.4, 0.5) is 5.82 Å². The number of anilines is 1. The van der Waals surface area contributed by atoms with Crippen molar-refractivity contribution < 1.29 is 9.47 Å². The van der Waals surface area contributed by atoms with E-state index in [9.17, 15) is 4.79 Å². The number of pyridine rings is 2. The Kier molecular flexibility index (Phi) is 6.12. The largest absolute Gasteiger partial charge is 0.497 e. The van der Waals surface area contributed by atoms with Crippen LogP contribution in [0.5, 0.6) is 17.4 Å². The predicted molar refractivity (Wildman–Crippen MR) is 122 cm³/mol. The van der Waals surface area contributed by atoms with Crippen LogP contribution in [0, 0.1) is 13.8 Å². The number of methoxy groups -OCH3 is 1. The summed E-state index contributed by atoms with van der Waals surface area (Å²) in [7, 11) is 1.61. The summed E-state index contributed by atoms with van der Waals surface area (Å²) in [5.74, 6) is 3.09. The highest BCUT2D eigenvalue weighted by molar-refractivity contribution is 5.56. The van der Waals surface area contributed by atoms with E-state index in [1.807, 2.05) is 49.4 Å². The first-order chi connectivity index (χ1) is 15.5. The van der Waals surface area contributed by atoms with Gasteiger partial charge in [-0.1, -0.05) is 12.1 Å². The molecule has 1 aromatic carbocycles. The molecule has 0 unspecified atom stereocenters. The molecule has 0 spiro atoms. The molecule has 0 aliphatic rings. The zero-order valence-electron chi connectivity index (χ0n) is 18.0. The standard InChI is InChI=1S/C24H23N5O3/c1-15-16(2)28-23(29-24(15)30)18-8-9-21(26-14-18)25-12-17-7-10-22(27-13-17)32-20-6-4-5-19(11-20)31-3/h4-11,13-14H,12H2,1-3H3,(H,25,26)(H,28,29,30). The van der Waals surface area contributed by atoms with Gasteiger partial charge >= 0.3 is 0 Å². The van der Waals surface area contributed by atoms with Crippen molar-refractivity contribution in [3.05, 3.63) is 88.1 Å². The molecule has 8 heteroatoms. The Morgan fingerprint density at radius 2 is 1.84 bits per heavy atom. The van der Waals surface area contributed by atoms with Gasteiger partial charge in [-0.15, -0.1) is 0 Å². The molecular weight excluding hydrogens is 406 g/mol. The van der Waals surface area contributed by atoms with E-state index in [4.69, 9.17) is 9.47 Å². The lowest BCUT2D eigenvalue weighted by molar-refractivity contribution is 0.407. The Balaban J connectivity index is 1.37. The minimum atomic E-state index is -0.138. The first-order valence-corrected chi connectivity index (χ1v) is 10.1. The van der Waals surface area contributed by atoms with Gasteiger partial charge in [-0.3, -0.25) is 4.79 Å². The fourth-order valence-electron chi connectivity index (χ4n) is 2.97. The van der Waals surface area contributed by atoms with Gasteiger partial charge in [0.05, 0.1) is 7.11 Å². The number of nitrogens with one attached hydrogen (secondary N) is 2. The molecule has 4 rings (SSSR count). The summed E-state index contributed by atoms with van der Waals surface area (Å²) in [6.07, 6.45) is 3.43. The number of aryl methyl sites for hydroxylation is 1. The van der Waals surface area contributed by atoms with Crippen LogP contribution in [0.1, 0.15) is 16.8 Å². The van der Waals surface area contributed by atoms with Gasteiger partial charge in [0.2, 0.25) is 5.88 Å². The number of benzene rings is 1. The van der Waals surface area contributed by atoms with Crippen molar-refractivity contribution in [2.45, 2.75) is 20.4 Å². The highest BCUT2D eigenvalue weighted by Crippen LogP contribution is 2.24. The van der Waals surface area contributed by atoms with E-state index in [0.29, 0.717) is 41.1 Å². The van der Waals surface area contributed by atoms with Crippen LogP contribution in [0.25, 0.3) is 11.4 Å². The summed E-state index contributed by atoms with van der Waals surface area (Å²) in [6.45, 7) is 4.12. The second kappa shape index (κ2) is 9.30. The summed E-state index contributed by atoms with van der Waals surface area (Å²) >= 11 is 0. The first kappa shape index (κ1) is 21.0. The normalized spacial score (nSPS) is 10.6. The molecule has 0 aliphatic heterocycles. The van der Waals surface area contributed by atoms with Gasteiger partial charge in [0.1, 0.15) is 23.1 Å². The number of rotatable bonds is 7. The van der Waals surface area contributed by atoms with Crippen molar-refractivity contribution in [3.8, 4) is 28.8 Å². The number of nitrogens with zero attached hydrogens (tertiary/aromatic N) is 3. The molecule has 3 heterocycles. The SMILES string of the molecule is COc1cccc(Oc2ccc(CNc3ccc(-c4nc(C)c(C)c(=O)[nH]4)cn3)cn2)c1. The Hall–Kier alpha value is -4.20. The monoisotopic (exact) mass is 429 g/mol. The van der Waals surface area contributed by atoms with Crippen molar-refractivity contribution in [1.82, 2.24) is 19.9 Å². The number of hydrogen-bond acceptors (Lipinski definition) is 7. The summed E-state index contributed by atoms with van der Waals surface area (Å²) in [5.41, 5.74) is 2.91. The second-order valence-electron chi connectivity index (χ2n) is 7.20. The third-order valence-electron chi connectivity index (χ3n) is 4.97. The number of aromatic amines is 1. The summed E-state index contributed by atoms with van der Waals surface area (Å²) in [6, 6.07) is 14.8. The average Bonchev–Trinajstić information content (AvgIpc) is 2.82. The van der Waals surface area contributed by atoms with Crippen LogP contribution >= 0.6 is 0 Å². The molecule has 8 nitrogen and oxygen atoms in total. The van der Waals surface area contributed by atoms with Crippen LogP contribution < -0.4 is 20.3 Å². The molecule has 0 saturated carbocycles. The highest BCUT2D eigenvalue weighted by atomic mass is 16.5. The average molecular weight is 429 g/mol. The van der Waals surface area contributed by atoms with Crippen LogP contribution in [0.2, 0.25) is 0 Å². The van der Waals surface area contributed by atoms with Crippen LogP contribution in [0.15, 0.2) is 65.7 Å². The molecule has 2 N–H and O–H groups in total. The Labute approximate surface area is 185 Å². The van der Waals surface area contributed by atoms with E-state index in [1.54, 1.807) is 32.5 Å². The van der Waals surface area contributed by atoms with Gasteiger partial charge in [-0.25, -0.2) is 15.0 Å². The van der Waals surface area contributed by atoms with Gasteiger partial charge < -0.3 is 19.8 Å². The van der Waals surface area contributed by atoms with E-state index in [0.717, 1.165) is 16.9 Å². The lowest BCUT2D eigenvalue weighted by Crippen LogP contribution is -2.14. The third kappa shape index (κ3) is 4.92. The minimum absolute atomic E-state index is 0.138. The zero-order valence-corrected chi connectivity index (χ0v) is 18.0. The molecule has 0 saturated heterocycles. The van der Waals surface area contributed by atoms with Crippen LogP contribution in [-0.2, 0) is 6.54 Å². The summed E-state index contributed by atoms with van der Waals surface area (Å²) in [4.78, 5) is 27.9. The van der Waals surface area contributed by atoms with Crippen molar-refractivity contribution in [3.63, 3.8) is 0 Å². The van der Waals surface area contributed by atoms with Crippen LogP contribution in [-0.4, -0.2) is 27.0 Å². The molecule has 0 aliphatic carbocycles. The maximum Gasteiger partial charge on any atom is 0.254 e. The van der Waals surface area contributed by atoms with Gasteiger partial charge in [-0.2, -0.15) is 0 Å². The first-order valence-electron chi connectivity index (χ1n) is 10.1. The number of ether oxygens (including phenoxy) is 2. The van der Waals surface area contributed by atoms with E-state index < -0.39 is 0 Å². The van der Waals surface area contributed by atoms with Crippen LogP contribution in [0.3, 0.4) is 0 Å². The highest BCUT2D eigenvalue weighted by Gasteiger charge is 2.07. The maximum atomic E-state index is 12.0. The molecule has 0 radical (unpaired) electrons. The molecule has 0 atom stereocenters. The smallest absolute Gasteiger partial charge is 0.254 e. The van der Waals surface area contributed by atoms with Crippen molar-refractivity contribution in [1.29, 1.82) is 0 Å². The summed E-state index contributed by atoms with van der Waals surface area (Å²) < 4.78 is 11.0. The number of H-pyrrole nitrogens is 1. The number of aromatic nitrogens is 4. The van der Waals surface area contributed by atoms with Crippen molar-refractivity contribution in [2.75, 3.05) is 12.4 Å². The summed E-state index contributed by atoms with van der Waals surface area (Å²) in [5, 5.41) is 3.25. The molecule has 4 aromatic rings. The zero-order chi connectivity index (χ0) is 22.5. The fraction of sp³-hybridized carbons (Fsp3) is 0.167. The fourth-order valence-corrected chi connectivity index (χ4v) is 2.97. The molecule has 3 aromatic heterocycles. The van der Waals surface area contributed by atoms with E-state index in [2.05, 4.69) is 25.3 Å². The Morgan fingerprint density at radius 1 is 1.00 bits per heavy atom. The van der Waals surface area contributed by atoms with Gasteiger partial charge in [-0.05, 0) is 43.7 Å². The minimum Gasteiger partial charge on any atom is -0.497 e. The Morgan fingerprint density at radius 3 is 2.53 bits per heavy atom. The van der Waals surface area contributed by atoms with Gasteiger partial charge in [0.25, 0.3) is 5.56 Å². The molecule has 0 fully saturated rings. The van der Waals surface area contributed by atoms with Crippen molar-refractivity contribution in [2.24, 2.45) is 0 Å². The maximum absolute atomic E-state index is 12.0. The van der Waals surface area contributed by atoms with E-state index in [1.165, 1.54) is 0 Å². The van der Waals surface area contributed by atoms with E-state index >= 15 is 0 Å². The predicted octanol–water partition coefficient (Wildman–Crippen LogP) is 4.26. The molecular formula is C24H23N5O3. The number of hydrogen-bond donors (Lipinski definition) is 2. The Bertz CT molecular complexity index is 1270. The van der Waals surface area contributed by atoms with Gasteiger partial charge in [0.15, 0.2) is 0 Å². The lowest BCUT2D eigenvalue weighted by atomic mass is 10.2. The lowest BCUT2D eigenvalue weighted by Gasteiger charge is -2.09. The molecule has 162 valence electrons. The quantitative estimate of drug-likeness (QED) is 0.453. The molecule has 32 heavy (non-hydrogen) atoms. The van der Waals surface area contributed by atoms with Crippen molar-refractivity contribution >= 4 is 5.82 Å². The molecule has 0 bridgehead atoms. The van der Waals surface area contributed by atoms with E-state index in [-0.39, 0.29) is 5.56 Å². The van der Waals surface area contributed by atoms with Gasteiger partial charge in [0, 0.05) is 47.9 Å². The third-order valence-corrected chi connectivity index (χ3v) is 4.97. The topological polar surface area (TPSA) is 102 Å². The molecule has 0 amide bonds. The second-order valence-corrected chi connectivity index (χ2v) is 7.20.